The molecule has 2 rings (SSSR count). The molecular weight excluding hydrogens is 290 g/mol. The zero-order chi connectivity index (χ0) is 16.8. The summed E-state index contributed by atoms with van der Waals surface area (Å²) in [7, 11) is 3.61. The van der Waals surface area contributed by atoms with Crippen LogP contribution in [0, 0.1) is 18.3 Å². The highest BCUT2D eigenvalue weighted by molar-refractivity contribution is 6.08. The first kappa shape index (κ1) is 16.4. The Balaban J connectivity index is 2.33. The first-order valence-electron chi connectivity index (χ1n) is 7.35. The number of aromatic nitrogens is 3. The summed E-state index contributed by atoms with van der Waals surface area (Å²) in [5.41, 5.74) is 4.16. The maximum atomic E-state index is 9.21. The van der Waals surface area contributed by atoms with Crippen molar-refractivity contribution in [3.05, 3.63) is 41.5 Å². The lowest BCUT2D eigenvalue weighted by Gasteiger charge is -2.11. The van der Waals surface area contributed by atoms with Gasteiger partial charge in [0.05, 0.1) is 23.1 Å². The standard InChI is InChI=1S/C16H21N7/c1-5-20-14(13-9-19-8-12(13)7-17)6-16(18-3)22-15-10-21-23(4)11(15)2/h6,8-10,19-20H,5H2,1-4H3,(H,18,22)/b14-6+. The summed E-state index contributed by atoms with van der Waals surface area (Å²) in [6.07, 6.45) is 7.13. The molecule has 0 aliphatic carbocycles. The number of nitrogens with one attached hydrogen (secondary N) is 3. The second kappa shape index (κ2) is 7.31. The molecule has 0 saturated carbocycles. The number of rotatable bonds is 5. The van der Waals surface area contributed by atoms with Gasteiger partial charge in [0.2, 0.25) is 0 Å². The van der Waals surface area contributed by atoms with Crippen molar-refractivity contribution >= 4 is 17.2 Å². The minimum atomic E-state index is 0.588. The molecule has 0 aliphatic rings. The number of amidine groups is 1. The van der Waals surface area contributed by atoms with Gasteiger partial charge in [0.1, 0.15) is 11.9 Å². The lowest BCUT2D eigenvalue weighted by Crippen LogP contribution is -2.16. The van der Waals surface area contributed by atoms with Crippen LogP contribution in [0.1, 0.15) is 23.7 Å². The van der Waals surface area contributed by atoms with Gasteiger partial charge in [-0.25, -0.2) is 0 Å². The highest BCUT2D eigenvalue weighted by Gasteiger charge is 2.11. The van der Waals surface area contributed by atoms with Gasteiger partial charge >= 0.3 is 0 Å². The Bertz CT molecular complexity index is 771. The zero-order valence-electron chi connectivity index (χ0n) is 13.8. The third kappa shape index (κ3) is 3.61. The van der Waals surface area contributed by atoms with Crippen LogP contribution >= 0.6 is 0 Å². The third-order valence-corrected chi connectivity index (χ3v) is 3.54. The normalized spacial score (nSPS) is 12.1. The van der Waals surface area contributed by atoms with E-state index in [2.05, 4.69) is 31.8 Å². The Morgan fingerprint density at radius 2 is 2.30 bits per heavy atom. The molecule has 0 atom stereocenters. The van der Waals surface area contributed by atoms with Crippen LogP contribution in [0.25, 0.3) is 5.70 Å². The molecule has 23 heavy (non-hydrogen) atoms. The molecule has 0 unspecified atom stereocenters. The predicted octanol–water partition coefficient (Wildman–Crippen LogP) is 2.02. The number of anilines is 1. The quantitative estimate of drug-likeness (QED) is 0.581. The number of nitriles is 1. The molecular formula is C16H21N7. The van der Waals surface area contributed by atoms with E-state index >= 15 is 0 Å². The van der Waals surface area contributed by atoms with E-state index in [9.17, 15) is 5.26 Å². The fourth-order valence-corrected chi connectivity index (χ4v) is 2.15. The van der Waals surface area contributed by atoms with Crippen LogP contribution in [0.2, 0.25) is 0 Å². The first-order chi connectivity index (χ1) is 11.1. The highest BCUT2D eigenvalue weighted by atomic mass is 15.3. The highest BCUT2D eigenvalue weighted by Crippen LogP contribution is 2.17. The largest absolute Gasteiger partial charge is 0.385 e. The van der Waals surface area contributed by atoms with Crippen LogP contribution in [-0.2, 0) is 7.05 Å². The molecule has 7 heteroatoms. The van der Waals surface area contributed by atoms with Crippen molar-refractivity contribution in [2.75, 3.05) is 18.9 Å². The van der Waals surface area contributed by atoms with Gasteiger partial charge in [0, 0.05) is 50.4 Å². The Morgan fingerprint density at radius 1 is 1.52 bits per heavy atom. The van der Waals surface area contributed by atoms with Crippen LogP contribution in [0.5, 0.6) is 0 Å². The van der Waals surface area contributed by atoms with Crippen molar-refractivity contribution in [2.45, 2.75) is 13.8 Å². The number of aryl methyl sites for hydroxylation is 1. The van der Waals surface area contributed by atoms with Crippen LogP contribution in [-0.4, -0.2) is 34.2 Å². The van der Waals surface area contributed by atoms with E-state index in [4.69, 9.17) is 0 Å². The summed E-state index contributed by atoms with van der Waals surface area (Å²) in [5.74, 6) is 0.683. The topological polar surface area (TPSA) is 93.8 Å². The van der Waals surface area contributed by atoms with Crippen molar-refractivity contribution in [2.24, 2.45) is 12.0 Å². The van der Waals surface area contributed by atoms with Crippen molar-refractivity contribution in [1.29, 1.82) is 5.26 Å². The summed E-state index contributed by atoms with van der Waals surface area (Å²) in [6.45, 7) is 4.73. The zero-order valence-corrected chi connectivity index (χ0v) is 13.8. The molecule has 0 fully saturated rings. The average Bonchev–Trinajstić information content (AvgIpc) is 3.15. The SMILES string of the molecule is CCN/C(=C/C(=NC)Nc1cnn(C)c1C)c1c[nH]cc1C#N. The van der Waals surface area contributed by atoms with E-state index in [-0.39, 0.29) is 0 Å². The van der Waals surface area contributed by atoms with Crippen LogP contribution in [0.4, 0.5) is 5.69 Å². The van der Waals surface area contributed by atoms with E-state index in [1.165, 1.54) is 0 Å². The number of aromatic amines is 1. The van der Waals surface area contributed by atoms with E-state index < -0.39 is 0 Å². The van der Waals surface area contributed by atoms with Gasteiger partial charge in [0.25, 0.3) is 0 Å². The van der Waals surface area contributed by atoms with Gasteiger partial charge in [-0.2, -0.15) is 10.4 Å². The van der Waals surface area contributed by atoms with Gasteiger partial charge in [-0.1, -0.05) is 0 Å². The third-order valence-electron chi connectivity index (χ3n) is 3.54. The fraction of sp³-hybridized carbons (Fsp3) is 0.312. The minimum Gasteiger partial charge on any atom is -0.385 e. The van der Waals surface area contributed by atoms with E-state index in [0.29, 0.717) is 11.4 Å². The summed E-state index contributed by atoms with van der Waals surface area (Å²) in [6, 6.07) is 2.18. The molecule has 3 N–H and O–H groups in total. The number of aliphatic imine (C=N–C) groups is 1. The minimum absolute atomic E-state index is 0.588. The molecule has 2 aromatic rings. The molecule has 0 amide bonds. The smallest absolute Gasteiger partial charge is 0.127 e. The summed E-state index contributed by atoms with van der Waals surface area (Å²) in [5, 5.41) is 20.0. The predicted molar refractivity (Wildman–Crippen MR) is 92.1 cm³/mol. The summed E-state index contributed by atoms with van der Waals surface area (Å²) < 4.78 is 1.80. The summed E-state index contributed by atoms with van der Waals surface area (Å²) >= 11 is 0. The second-order valence-electron chi connectivity index (χ2n) is 4.98. The number of hydrogen-bond donors (Lipinski definition) is 3. The second-order valence-corrected chi connectivity index (χ2v) is 4.98. The van der Waals surface area contributed by atoms with Gasteiger partial charge in [-0.15, -0.1) is 0 Å². The average molecular weight is 311 g/mol. The lowest BCUT2D eigenvalue weighted by atomic mass is 10.1. The Morgan fingerprint density at radius 3 is 2.87 bits per heavy atom. The van der Waals surface area contributed by atoms with Crippen molar-refractivity contribution in [1.82, 2.24) is 20.1 Å². The van der Waals surface area contributed by atoms with Crippen LogP contribution < -0.4 is 10.6 Å². The van der Waals surface area contributed by atoms with Gasteiger partial charge in [0.15, 0.2) is 0 Å². The van der Waals surface area contributed by atoms with Gasteiger partial charge in [-0.3, -0.25) is 9.67 Å². The monoisotopic (exact) mass is 311 g/mol. The maximum Gasteiger partial charge on any atom is 0.127 e. The number of H-pyrrole nitrogens is 1. The van der Waals surface area contributed by atoms with E-state index in [1.807, 2.05) is 27.0 Å². The molecule has 0 saturated heterocycles. The van der Waals surface area contributed by atoms with Crippen molar-refractivity contribution < 1.29 is 0 Å². The molecule has 0 spiro atoms. The Labute approximate surface area is 135 Å². The maximum absolute atomic E-state index is 9.21. The number of hydrogen-bond acceptors (Lipinski definition) is 4. The summed E-state index contributed by atoms with van der Waals surface area (Å²) in [4.78, 5) is 7.24. The molecule has 0 aliphatic heterocycles. The van der Waals surface area contributed by atoms with Gasteiger partial charge in [-0.05, 0) is 13.8 Å². The lowest BCUT2D eigenvalue weighted by molar-refractivity contribution is 0.740. The van der Waals surface area contributed by atoms with E-state index in [0.717, 1.165) is 29.2 Å². The molecule has 120 valence electrons. The molecule has 7 nitrogen and oxygen atoms in total. The molecule has 0 radical (unpaired) electrons. The molecule has 2 heterocycles. The Kier molecular flexibility index (Phi) is 5.20. The molecule has 0 bridgehead atoms. The first-order valence-corrected chi connectivity index (χ1v) is 7.35. The number of nitrogens with zero attached hydrogens (tertiary/aromatic N) is 4. The fourth-order valence-electron chi connectivity index (χ4n) is 2.15. The van der Waals surface area contributed by atoms with Crippen LogP contribution in [0.3, 0.4) is 0 Å². The molecule has 2 aromatic heterocycles. The van der Waals surface area contributed by atoms with Crippen molar-refractivity contribution in [3.63, 3.8) is 0 Å². The Hall–Kier alpha value is -3.01. The van der Waals surface area contributed by atoms with Gasteiger partial charge < -0.3 is 15.6 Å². The van der Waals surface area contributed by atoms with Crippen LogP contribution in [0.15, 0.2) is 29.7 Å². The van der Waals surface area contributed by atoms with Crippen molar-refractivity contribution in [3.8, 4) is 6.07 Å². The molecule has 0 aromatic carbocycles. The van der Waals surface area contributed by atoms with E-state index in [1.54, 1.807) is 30.3 Å².